The molecule has 6 nitrogen and oxygen atoms in total. The van der Waals surface area contributed by atoms with E-state index in [9.17, 15) is 5.11 Å². The Morgan fingerprint density at radius 3 is 2.52 bits per heavy atom. The zero-order chi connectivity index (χ0) is 16.6. The number of hydrogen-bond donors (Lipinski definition) is 2. The average Bonchev–Trinajstić information content (AvgIpc) is 3.24. The zero-order valence-electron chi connectivity index (χ0n) is 14.2. The van der Waals surface area contributed by atoms with Gasteiger partial charge in [0, 0.05) is 13.6 Å². The van der Waals surface area contributed by atoms with Crippen molar-refractivity contribution >= 4 is 5.96 Å². The lowest BCUT2D eigenvalue weighted by molar-refractivity contribution is -0.0439. The molecule has 3 N–H and O–H groups in total. The number of nitrogens with two attached hydrogens (primary N) is 1. The molecule has 1 aromatic rings. The summed E-state index contributed by atoms with van der Waals surface area (Å²) in [5.41, 5.74) is 0.190. The van der Waals surface area contributed by atoms with Crippen molar-refractivity contribution in [2.24, 2.45) is 16.8 Å². The molecule has 1 atom stereocenters. The van der Waals surface area contributed by atoms with Crippen molar-refractivity contribution in [2.75, 3.05) is 20.1 Å². The lowest BCUT2D eigenvalue weighted by Crippen LogP contribution is -2.55. The Bertz CT molecular complexity index is 564. The molecule has 1 saturated carbocycles. The first-order valence-electron chi connectivity index (χ1n) is 8.23. The third-order valence-corrected chi connectivity index (χ3v) is 4.20. The van der Waals surface area contributed by atoms with Crippen molar-refractivity contribution in [3.8, 4) is 0 Å². The van der Waals surface area contributed by atoms with Crippen molar-refractivity contribution in [3.63, 3.8) is 0 Å². The lowest BCUT2D eigenvalue weighted by Gasteiger charge is -2.36. The van der Waals surface area contributed by atoms with Gasteiger partial charge in [0.1, 0.15) is 0 Å². The lowest BCUT2D eigenvalue weighted by atomic mass is 10.1. The van der Waals surface area contributed by atoms with Crippen molar-refractivity contribution < 1.29 is 5.11 Å². The molecule has 1 aliphatic heterocycles. The highest BCUT2D eigenvalue weighted by molar-refractivity contribution is 5.81. The van der Waals surface area contributed by atoms with Gasteiger partial charge in [-0.05, 0) is 38.2 Å². The van der Waals surface area contributed by atoms with Crippen LogP contribution in [0.5, 0.6) is 0 Å². The maximum atomic E-state index is 10.2. The first-order chi connectivity index (χ1) is 10.8. The second-order valence-electron chi connectivity index (χ2n) is 7.29. The van der Waals surface area contributed by atoms with Gasteiger partial charge in [-0.25, -0.2) is 10.8 Å². The summed E-state index contributed by atoms with van der Waals surface area (Å²) in [6.45, 7) is 4.96. The van der Waals surface area contributed by atoms with Crippen LogP contribution in [0.3, 0.4) is 0 Å². The number of rotatable bonds is 5. The first-order valence-corrected chi connectivity index (χ1v) is 8.23. The number of nitrogens with zero attached hydrogens (tertiary/aromatic N) is 4. The number of β-amino-alcohol motifs (C(OH)–C–C–N with tert-alkyl or cyclic N) is 1. The van der Waals surface area contributed by atoms with Gasteiger partial charge in [0.25, 0.3) is 0 Å². The standard InChI is InChI=1S/C17H27N5O/c1-17(2,23)12-21-16(20(3)11-13-9-10-13)19-15(22(21)18)14-7-5-4-6-8-14/h4-8,13,15,23H,9-12,18H2,1-3H3. The van der Waals surface area contributed by atoms with Gasteiger partial charge < -0.3 is 10.0 Å². The van der Waals surface area contributed by atoms with Gasteiger partial charge in [0.05, 0.1) is 12.1 Å². The first kappa shape index (κ1) is 16.2. The highest BCUT2D eigenvalue weighted by atomic mass is 16.3. The maximum Gasteiger partial charge on any atom is 0.214 e. The molecule has 6 heteroatoms. The fourth-order valence-corrected chi connectivity index (χ4v) is 2.91. The molecule has 1 unspecified atom stereocenters. The molecule has 0 spiro atoms. The van der Waals surface area contributed by atoms with Crippen LogP contribution in [0.25, 0.3) is 0 Å². The summed E-state index contributed by atoms with van der Waals surface area (Å²) in [6, 6.07) is 10.0. The van der Waals surface area contributed by atoms with E-state index in [2.05, 4.69) is 11.9 Å². The molecule has 0 bridgehead atoms. The van der Waals surface area contributed by atoms with Gasteiger partial charge in [-0.15, -0.1) is 5.12 Å². The van der Waals surface area contributed by atoms with Gasteiger partial charge in [0.2, 0.25) is 5.96 Å². The summed E-state index contributed by atoms with van der Waals surface area (Å²) in [7, 11) is 2.05. The minimum absolute atomic E-state index is 0.254. The van der Waals surface area contributed by atoms with Gasteiger partial charge in [-0.1, -0.05) is 30.3 Å². The van der Waals surface area contributed by atoms with E-state index in [0.717, 1.165) is 24.0 Å². The smallest absolute Gasteiger partial charge is 0.214 e. The number of guanidine groups is 1. The topological polar surface area (TPSA) is 68.3 Å². The monoisotopic (exact) mass is 317 g/mol. The molecule has 0 amide bonds. The Kier molecular flexibility index (Phi) is 4.31. The molecule has 2 aliphatic rings. The van der Waals surface area contributed by atoms with Crippen molar-refractivity contribution in [3.05, 3.63) is 35.9 Å². The average molecular weight is 317 g/mol. The van der Waals surface area contributed by atoms with E-state index in [1.54, 1.807) is 19.0 Å². The number of benzene rings is 1. The third-order valence-electron chi connectivity index (χ3n) is 4.20. The van der Waals surface area contributed by atoms with Gasteiger partial charge in [-0.3, -0.25) is 5.01 Å². The second kappa shape index (κ2) is 6.11. The van der Waals surface area contributed by atoms with Gasteiger partial charge in [-0.2, -0.15) is 0 Å². The molecule has 0 saturated heterocycles. The summed E-state index contributed by atoms with van der Waals surface area (Å²) in [4.78, 5) is 7.00. The molecule has 126 valence electrons. The largest absolute Gasteiger partial charge is 0.389 e. The number of aliphatic hydroxyl groups is 1. The van der Waals surface area contributed by atoms with Gasteiger partial charge in [0.15, 0.2) is 6.17 Å². The van der Waals surface area contributed by atoms with Crippen molar-refractivity contribution in [2.45, 2.75) is 38.5 Å². The van der Waals surface area contributed by atoms with Crippen LogP contribution >= 0.6 is 0 Å². The Balaban J connectivity index is 1.85. The van der Waals surface area contributed by atoms with E-state index in [-0.39, 0.29) is 6.17 Å². The summed E-state index contributed by atoms with van der Waals surface area (Å²) in [6.07, 6.45) is 2.32. The van der Waals surface area contributed by atoms with Crippen LogP contribution in [0.4, 0.5) is 0 Å². The van der Waals surface area contributed by atoms with E-state index >= 15 is 0 Å². The van der Waals surface area contributed by atoms with Crippen LogP contribution in [0.1, 0.15) is 38.4 Å². The van der Waals surface area contributed by atoms with Crippen LogP contribution in [0.2, 0.25) is 0 Å². The zero-order valence-corrected chi connectivity index (χ0v) is 14.2. The van der Waals surface area contributed by atoms with E-state index in [1.165, 1.54) is 12.8 Å². The second-order valence-corrected chi connectivity index (χ2v) is 7.29. The number of hydrogen-bond acceptors (Lipinski definition) is 6. The fraction of sp³-hybridized carbons (Fsp3) is 0.588. The van der Waals surface area contributed by atoms with Crippen LogP contribution in [0, 0.1) is 5.92 Å². The third kappa shape index (κ3) is 3.83. The molecular formula is C17H27N5O. The van der Waals surface area contributed by atoms with Gasteiger partial charge >= 0.3 is 0 Å². The van der Waals surface area contributed by atoms with Crippen molar-refractivity contribution in [1.82, 2.24) is 15.0 Å². The van der Waals surface area contributed by atoms with E-state index in [0.29, 0.717) is 6.54 Å². The molecule has 3 rings (SSSR count). The van der Waals surface area contributed by atoms with E-state index in [1.807, 2.05) is 35.3 Å². The van der Waals surface area contributed by atoms with Crippen LogP contribution in [-0.2, 0) is 0 Å². The molecule has 0 aromatic heterocycles. The molecule has 0 radical (unpaired) electrons. The van der Waals surface area contributed by atoms with Crippen LogP contribution in [0.15, 0.2) is 35.3 Å². The molecule has 23 heavy (non-hydrogen) atoms. The normalized spacial score (nSPS) is 22.4. The molecule has 1 heterocycles. The van der Waals surface area contributed by atoms with E-state index < -0.39 is 5.60 Å². The maximum absolute atomic E-state index is 10.2. The summed E-state index contributed by atoms with van der Waals surface area (Å²) < 4.78 is 0. The molecular weight excluding hydrogens is 290 g/mol. The fourth-order valence-electron chi connectivity index (χ4n) is 2.91. The van der Waals surface area contributed by atoms with E-state index in [4.69, 9.17) is 10.8 Å². The summed E-state index contributed by atoms with van der Waals surface area (Å²) >= 11 is 0. The highest BCUT2D eigenvalue weighted by Gasteiger charge is 2.38. The Hall–Kier alpha value is -1.63. The highest BCUT2D eigenvalue weighted by Crippen LogP contribution is 2.32. The SMILES string of the molecule is CN(CC1CC1)C1=NC(c2ccccc2)N(N)N1CC(C)(C)O. The van der Waals surface area contributed by atoms with Crippen LogP contribution < -0.4 is 5.84 Å². The molecule has 1 aromatic carbocycles. The predicted molar refractivity (Wildman–Crippen MR) is 91.0 cm³/mol. The van der Waals surface area contributed by atoms with Crippen molar-refractivity contribution in [1.29, 1.82) is 0 Å². The molecule has 1 fully saturated rings. The minimum Gasteiger partial charge on any atom is -0.389 e. The van der Waals surface area contributed by atoms with Crippen LogP contribution in [-0.4, -0.2) is 51.8 Å². The summed E-state index contributed by atoms with van der Waals surface area (Å²) in [5, 5.41) is 13.8. The minimum atomic E-state index is -0.857. The quantitative estimate of drug-likeness (QED) is 0.807. The Labute approximate surface area is 138 Å². The number of hydrazine groups is 2. The predicted octanol–water partition coefficient (Wildman–Crippen LogP) is 1.56. The number of aliphatic imine (C=N–C) groups is 1. The summed E-state index contributed by atoms with van der Waals surface area (Å²) in [5.74, 6) is 7.93. The Morgan fingerprint density at radius 2 is 1.96 bits per heavy atom. The Morgan fingerprint density at radius 1 is 1.30 bits per heavy atom. The molecule has 1 aliphatic carbocycles.